The summed E-state index contributed by atoms with van der Waals surface area (Å²) in [6.07, 6.45) is 0. The first kappa shape index (κ1) is 27.9. The van der Waals surface area contributed by atoms with E-state index >= 15 is 0 Å². The van der Waals surface area contributed by atoms with Gasteiger partial charge in [-0.1, -0.05) is 66.7 Å². The van der Waals surface area contributed by atoms with Crippen LogP contribution < -0.4 is 20.9 Å². The monoisotopic (exact) mass is 569 g/mol. The van der Waals surface area contributed by atoms with Crippen LogP contribution in [0.15, 0.2) is 94.5 Å². The lowest BCUT2D eigenvalue weighted by Gasteiger charge is -2.20. The molecule has 5 rings (SSSR count). The summed E-state index contributed by atoms with van der Waals surface area (Å²) in [5.74, 6) is -0.0177. The zero-order valence-electron chi connectivity index (χ0n) is 23.2. The number of nitrogens with zero attached hydrogens (tertiary/aromatic N) is 3. The van der Waals surface area contributed by atoms with Crippen molar-refractivity contribution in [2.24, 2.45) is 0 Å². The summed E-state index contributed by atoms with van der Waals surface area (Å²) in [5.41, 5.74) is 2.41. The molecule has 0 atom stereocenters. The van der Waals surface area contributed by atoms with Crippen molar-refractivity contribution in [3.05, 3.63) is 117 Å². The predicted octanol–water partition coefficient (Wildman–Crippen LogP) is 5.15. The summed E-state index contributed by atoms with van der Waals surface area (Å²) in [6, 6.07) is 27.2. The average Bonchev–Trinajstić information content (AvgIpc) is 3.37. The molecule has 8 nitrogen and oxygen atoms in total. The number of carbonyl (C=O) groups excluding carboxylic acids is 1. The Labute approximate surface area is 241 Å². The Bertz CT molecular complexity index is 1790. The Kier molecular flexibility index (Phi) is 8.35. The van der Waals surface area contributed by atoms with Crippen molar-refractivity contribution in [1.82, 2.24) is 9.13 Å². The molecule has 0 aliphatic carbocycles. The molecule has 0 aliphatic rings. The molecule has 0 bridgehead atoms. The van der Waals surface area contributed by atoms with E-state index in [0.717, 1.165) is 31.8 Å². The van der Waals surface area contributed by atoms with Crippen molar-refractivity contribution in [2.75, 3.05) is 25.7 Å². The molecule has 0 unspecified atom stereocenters. The Balaban J connectivity index is 1.80. The molecule has 0 amide bonds. The van der Waals surface area contributed by atoms with E-state index in [4.69, 9.17) is 9.47 Å². The molecule has 0 saturated carbocycles. The molecular weight excluding hydrogens is 538 g/mol. The maximum Gasteiger partial charge on any atom is 0.332 e. The second kappa shape index (κ2) is 12.3. The first-order chi connectivity index (χ1) is 19.9. The lowest BCUT2D eigenvalue weighted by atomic mass is 10.1. The van der Waals surface area contributed by atoms with Crippen LogP contribution in [-0.2, 0) is 29.2 Å². The van der Waals surface area contributed by atoms with Crippen LogP contribution in [0.25, 0.3) is 20.7 Å². The van der Waals surface area contributed by atoms with Crippen LogP contribution >= 0.6 is 11.3 Å². The molecule has 3 aromatic carbocycles. The lowest BCUT2D eigenvalue weighted by Crippen LogP contribution is -2.42. The Morgan fingerprint density at radius 1 is 0.902 bits per heavy atom. The normalized spacial score (nSPS) is 11.0. The Hall–Kier alpha value is -4.63. The molecule has 0 radical (unpaired) electrons. The van der Waals surface area contributed by atoms with Crippen molar-refractivity contribution in [1.29, 1.82) is 0 Å². The number of para-hydroxylation sites is 2. The molecule has 9 heteroatoms. The van der Waals surface area contributed by atoms with Crippen molar-refractivity contribution in [2.45, 2.75) is 26.6 Å². The molecule has 0 fully saturated rings. The number of thiophene rings is 1. The van der Waals surface area contributed by atoms with Gasteiger partial charge in [-0.25, -0.2) is 9.36 Å². The molecule has 0 spiro atoms. The maximum atomic E-state index is 14.1. The molecule has 0 N–H and O–H groups in total. The maximum absolute atomic E-state index is 14.1. The van der Waals surface area contributed by atoms with Crippen LogP contribution in [0.5, 0.6) is 5.75 Å². The highest BCUT2D eigenvalue weighted by molar-refractivity contribution is 7.22. The van der Waals surface area contributed by atoms with Gasteiger partial charge in [0.05, 0.1) is 25.6 Å². The minimum Gasteiger partial charge on any atom is -0.496 e. The van der Waals surface area contributed by atoms with E-state index in [0.29, 0.717) is 22.5 Å². The van der Waals surface area contributed by atoms with Gasteiger partial charge in [-0.3, -0.25) is 14.2 Å². The summed E-state index contributed by atoms with van der Waals surface area (Å²) in [4.78, 5) is 44.1. The smallest absolute Gasteiger partial charge is 0.332 e. The number of ether oxygens (including phenoxy) is 2. The zero-order valence-corrected chi connectivity index (χ0v) is 24.0. The second-order valence-electron chi connectivity index (χ2n) is 9.52. The molecule has 0 saturated heterocycles. The van der Waals surface area contributed by atoms with Gasteiger partial charge in [0.1, 0.15) is 17.1 Å². The number of hydrogen-bond donors (Lipinski definition) is 0. The number of benzene rings is 3. The molecule has 0 aliphatic heterocycles. The number of aromatic nitrogens is 2. The van der Waals surface area contributed by atoms with Gasteiger partial charge in [0, 0.05) is 35.3 Å². The Morgan fingerprint density at radius 2 is 1.56 bits per heavy atom. The molecule has 210 valence electrons. The van der Waals surface area contributed by atoms with E-state index in [-0.39, 0.29) is 13.2 Å². The van der Waals surface area contributed by atoms with E-state index in [2.05, 4.69) is 4.90 Å². The molecule has 41 heavy (non-hydrogen) atoms. The van der Waals surface area contributed by atoms with Gasteiger partial charge in [0.2, 0.25) is 0 Å². The number of esters is 1. The second-order valence-corrected chi connectivity index (χ2v) is 10.5. The van der Waals surface area contributed by atoms with E-state index in [1.54, 1.807) is 18.6 Å². The number of rotatable bonds is 10. The minimum absolute atomic E-state index is 0.148. The lowest BCUT2D eigenvalue weighted by molar-refractivity contribution is -0.143. The highest BCUT2D eigenvalue weighted by Crippen LogP contribution is 2.38. The fourth-order valence-corrected chi connectivity index (χ4v) is 6.22. The van der Waals surface area contributed by atoms with Gasteiger partial charge in [-0.15, -0.1) is 11.3 Å². The van der Waals surface area contributed by atoms with Gasteiger partial charge in [0.25, 0.3) is 5.56 Å². The highest BCUT2D eigenvalue weighted by Gasteiger charge is 2.25. The number of methoxy groups -OCH3 is 1. The largest absolute Gasteiger partial charge is 0.496 e. The molecule has 5 aromatic rings. The van der Waals surface area contributed by atoms with Gasteiger partial charge < -0.3 is 14.4 Å². The number of hydrogen-bond acceptors (Lipinski definition) is 7. The quantitative estimate of drug-likeness (QED) is 0.217. The predicted molar refractivity (Wildman–Crippen MR) is 163 cm³/mol. The fourth-order valence-electron chi connectivity index (χ4n) is 4.92. The van der Waals surface area contributed by atoms with E-state index in [1.807, 2.05) is 92.0 Å². The minimum atomic E-state index is -0.642. The topological polar surface area (TPSA) is 82.8 Å². The zero-order chi connectivity index (χ0) is 28.9. The van der Waals surface area contributed by atoms with Crippen LogP contribution in [0.1, 0.15) is 18.1 Å². The van der Waals surface area contributed by atoms with Crippen LogP contribution in [0, 0.1) is 0 Å². The van der Waals surface area contributed by atoms with Crippen LogP contribution in [0.2, 0.25) is 0 Å². The third-order valence-corrected chi connectivity index (χ3v) is 8.20. The van der Waals surface area contributed by atoms with Gasteiger partial charge in [-0.2, -0.15) is 0 Å². The summed E-state index contributed by atoms with van der Waals surface area (Å²) >= 11 is 1.41. The van der Waals surface area contributed by atoms with E-state index < -0.39 is 23.8 Å². The SMILES string of the molecule is CCOC(=O)Cn1c(=O)c2c(CN(C)c3ccccc3)c(-c3ccccc3)sc2n(Cc2ccccc2OC)c1=O. The molecule has 2 heterocycles. The molecular formula is C32H31N3O5S. The summed E-state index contributed by atoms with van der Waals surface area (Å²) in [5, 5.41) is 0.412. The van der Waals surface area contributed by atoms with Crippen LogP contribution in [0.3, 0.4) is 0 Å². The van der Waals surface area contributed by atoms with Crippen LogP contribution in [0.4, 0.5) is 5.69 Å². The fraction of sp³-hybridized carbons (Fsp3) is 0.219. The van der Waals surface area contributed by atoms with E-state index in [1.165, 1.54) is 11.3 Å². The third-order valence-electron chi connectivity index (χ3n) is 6.90. The van der Waals surface area contributed by atoms with Gasteiger partial charge in [-0.05, 0) is 30.7 Å². The number of anilines is 1. The van der Waals surface area contributed by atoms with Crippen molar-refractivity contribution >= 4 is 33.2 Å². The third kappa shape index (κ3) is 5.67. The Morgan fingerprint density at radius 3 is 2.24 bits per heavy atom. The van der Waals surface area contributed by atoms with Gasteiger partial charge in [0.15, 0.2) is 0 Å². The van der Waals surface area contributed by atoms with E-state index in [9.17, 15) is 14.4 Å². The standard InChI is InChI=1S/C32H31N3O5S/c1-4-40-27(36)21-34-30(37)28-25(20-33(2)24-16-9-6-10-17-24)29(22-13-7-5-8-14-22)41-31(28)35(32(34)38)19-23-15-11-12-18-26(23)39-3/h5-18H,4,19-21H2,1-3H3. The van der Waals surface area contributed by atoms with Crippen molar-refractivity contribution in [3.63, 3.8) is 0 Å². The van der Waals surface area contributed by atoms with Crippen LogP contribution in [-0.4, -0.2) is 35.9 Å². The van der Waals surface area contributed by atoms with Crippen molar-refractivity contribution in [3.8, 4) is 16.2 Å². The summed E-state index contributed by atoms with van der Waals surface area (Å²) in [6.45, 7) is 1.93. The highest BCUT2D eigenvalue weighted by atomic mass is 32.1. The number of carbonyl (C=O) groups is 1. The molecule has 2 aromatic heterocycles. The first-order valence-electron chi connectivity index (χ1n) is 13.3. The van der Waals surface area contributed by atoms with Crippen molar-refractivity contribution < 1.29 is 14.3 Å². The van der Waals surface area contributed by atoms with Gasteiger partial charge >= 0.3 is 11.7 Å². The average molecular weight is 570 g/mol. The summed E-state index contributed by atoms with van der Waals surface area (Å²) in [7, 11) is 3.55. The summed E-state index contributed by atoms with van der Waals surface area (Å²) < 4.78 is 13.2. The first-order valence-corrected chi connectivity index (χ1v) is 14.1. The number of fused-ring (bicyclic) bond motifs is 1.